The van der Waals surface area contributed by atoms with Crippen LogP contribution in [0.3, 0.4) is 0 Å². The first-order valence-electron chi connectivity index (χ1n) is 18.6. The third kappa shape index (κ3) is 7.05. The fourth-order valence-corrected chi connectivity index (χ4v) is 9.13. The number of nitrogens with zero attached hydrogens (tertiary/aromatic N) is 7. The first-order valence-corrected chi connectivity index (χ1v) is 18.9. The zero-order valence-corrected chi connectivity index (χ0v) is 30.6. The van der Waals surface area contributed by atoms with E-state index >= 15 is 0 Å². The molecule has 0 unspecified atom stereocenters. The highest BCUT2D eigenvalue weighted by Crippen LogP contribution is 2.56. The molecule has 0 aromatic carbocycles. The number of piperazine rings is 1. The minimum absolute atomic E-state index is 0.0140. The summed E-state index contributed by atoms with van der Waals surface area (Å²) in [6.07, 6.45) is 9.18. The Kier molecular flexibility index (Phi) is 10.2. The Morgan fingerprint density at radius 2 is 1.78 bits per heavy atom. The molecule has 3 aliphatic heterocycles. The summed E-state index contributed by atoms with van der Waals surface area (Å²) in [6, 6.07) is 1.79. The number of fused-ring (bicyclic) bond motifs is 3. The first kappa shape index (κ1) is 34.9. The largest absolute Gasteiger partial charge is 0.443 e. The number of amides is 1. The van der Waals surface area contributed by atoms with Gasteiger partial charge in [0.15, 0.2) is 5.79 Å². The fourth-order valence-electron chi connectivity index (χ4n) is 8.96. The van der Waals surface area contributed by atoms with E-state index in [0.29, 0.717) is 48.9 Å². The quantitative estimate of drug-likeness (QED) is 0.341. The molecule has 2 aromatic rings. The molecule has 12 nitrogen and oxygen atoms in total. The summed E-state index contributed by atoms with van der Waals surface area (Å²) in [7, 11) is 2.18. The van der Waals surface area contributed by atoms with Crippen LogP contribution in [0.1, 0.15) is 89.8 Å². The van der Waals surface area contributed by atoms with Crippen molar-refractivity contribution < 1.29 is 23.5 Å². The average Bonchev–Trinajstić information content (AvgIpc) is 3.68. The molecule has 0 bridgehead atoms. The predicted octanol–water partition coefficient (Wildman–Crippen LogP) is 5.52. The Balaban J connectivity index is 1.03. The number of carbonyl (C=O) groups excluding carboxylic acids is 1. The van der Waals surface area contributed by atoms with Crippen molar-refractivity contribution in [3.63, 3.8) is 0 Å². The van der Waals surface area contributed by atoms with E-state index in [1.54, 1.807) is 6.07 Å². The molecule has 2 aliphatic carbocycles. The maximum atomic E-state index is 13.5. The summed E-state index contributed by atoms with van der Waals surface area (Å²) in [5, 5.41) is 5.05. The molecule has 270 valence electrons. The van der Waals surface area contributed by atoms with Gasteiger partial charge in [0.25, 0.3) is 0 Å². The number of hydrogen-bond donors (Lipinski definition) is 0. The van der Waals surface area contributed by atoms with Gasteiger partial charge < -0.3 is 38.3 Å². The van der Waals surface area contributed by atoms with Crippen molar-refractivity contribution in [3.05, 3.63) is 22.5 Å². The summed E-state index contributed by atoms with van der Waals surface area (Å²) in [5.74, 6) is 1.11. The number of anilines is 1. The van der Waals surface area contributed by atoms with Crippen molar-refractivity contribution in [2.45, 2.75) is 108 Å². The Morgan fingerprint density at radius 1 is 1.02 bits per heavy atom. The molecule has 2 aromatic heterocycles. The topological polar surface area (TPSA) is 110 Å². The van der Waals surface area contributed by atoms with Gasteiger partial charge in [-0.05, 0) is 85.7 Å². The highest BCUT2D eigenvalue weighted by atomic mass is 35.5. The van der Waals surface area contributed by atoms with Crippen molar-refractivity contribution in [1.29, 1.82) is 0 Å². The summed E-state index contributed by atoms with van der Waals surface area (Å²) < 4.78 is 25.0. The van der Waals surface area contributed by atoms with Crippen LogP contribution in [-0.4, -0.2) is 126 Å². The lowest BCUT2D eigenvalue weighted by molar-refractivity contribution is -0.231. The minimum Gasteiger partial charge on any atom is -0.443 e. The third-order valence-corrected chi connectivity index (χ3v) is 11.8. The summed E-state index contributed by atoms with van der Waals surface area (Å²) in [4.78, 5) is 32.1. The standard InChI is InChI=1S/C36H54ClN7O5/c1-26-25-43(33(45)48-34(2,3)11-8-15-42-20-18-41(4)19-21-42)16-9-17-44(26)29-24-28(37)38-32(39-29)30-27-10-7-13-35(31(27)40-49-30)12-5-6-14-36(35)46-22-23-47-36/h24,26H,5-23,25H2,1-4H3/t26-,35-/m0/s1. The van der Waals surface area contributed by atoms with Gasteiger partial charge in [-0.3, -0.25) is 0 Å². The van der Waals surface area contributed by atoms with Crippen LogP contribution < -0.4 is 4.90 Å². The molecule has 0 N–H and O–H groups in total. The van der Waals surface area contributed by atoms with Crippen LogP contribution in [0.15, 0.2) is 10.6 Å². The molecule has 13 heteroatoms. The molecule has 3 saturated heterocycles. The van der Waals surface area contributed by atoms with E-state index in [-0.39, 0.29) is 17.6 Å². The zero-order chi connectivity index (χ0) is 34.2. The smallest absolute Gasteiger partial charge is 0.410 e. The number of carbonyl (C=O) groups is 1. The normalized spacial score (nSPS) is 26.7. The summed E-state index contributed by atoms with van der Waals surface area (Å²) >= 11 is 6.68. The number of rotatable bonds is 7. The van der Waals surface area contributed by atoms with Gasteiger partial charge in [-0.15, -0.1) is 0 Å². The maximum Gasteiger partial charge on any atom is 0.410 e. The predicted molar refractivity (Wildman–Crippen MR) is 187 cm³/mol. The Bertz CT molecular complexity index is 1470. The lowest BCUT2D eigenvalue weighted by atomic mass is 9.61. The minimum atomic E-state index is -0.636. The molecule has 49 heavy (non-hydrogen) atoms. The second-order valence-electron chi connectivity index (χ2n) is 15.5. The van der Waals surface area contributed by atoms with Crippen molar-refractivity contribution in [2.24, 2.45) is 0 Å². The average molecular weight is 700 g/mol. The fraction of sp³-hybridized carbons (Fsp3) is 0.778. The maximum absolute atomic E-state index is 13.5. The molecular weight excluding hydrogens is 646 g/mol. The van der Waals surface area contributed by atoms with Gasteiger partial charge in [-0.25, -0.2) is 14.8 Å². The second kappa shape index (κ2) is 14.3. The van der Waals surface area contributed by atoms with E-state index in [1.807, 2.05) is 18.7 Å². The molecule has 1 amide bonds. The van der Waals surface area contributed by atoms with Crippen LogP contribution in [0.2, 0.25) is 5.15 Å². The monoisotopic (exact) mass is 699 g/mol. The van der Waals surface area contributed by atoms with E-state index in [2.05, 4.69) is 33.7 Å². The highest BCUT2D eigenvalue weighted by Gasteiger charge is 2.61. The van der Waals surface area contributed by atoms with E-state index in [9.17, 15) is 4.79 Å². The number of ether oxygens (including phenoxy) is 3. The van der Waals surface area contributed by atoms with Gasteiger partial charge >= 0.3 is 6.09 Å². The lowest BCUT2D eigenvalue weighted by Crippen LogP contribution is -2.56. The Labute approximate surface area is 295 Å². The van der Waals surface area contributed by atoms with Gasteiger partial charge in [0.05, 0.1) is 24.3 Å². The number of hydrogen-bond acceptors (Lipinski definition) is 11. The Hall–Kier alpha value is -2.51. The highest BCUT2D eigenvalue weighted by molar-refractivity contribution is 6.29. The van der Waals surface area contributed by atoms with Gasteiger partial charge in [0.2, 0.25) is 11.6 Å². The summed E-state index contributed by atoms with van der Waals surface area (Å²) in [5.41, 5.74) is 1.13. The van der Waals surface area contributed by atoms with E-state index in [0.717, 1.165) is 115 Å². The molecule has 1 saturated carbocycles. The lowest BCUT2D eigenvalue weighted by Gasteiger charge is -2.50. The van der Waals surface area contributed by atoms with Crippen LogP contribution >= 0.6 is 11.6 Å². The molecular formula is C36H54ClN7O5. The van der Waals surface area contributed by atoms with Gasteiger partial charge in [-0.1, -0.05) is 23.2 Å². The molecule has 5 aliphatic rings. The van der Waals surface area contributed by atoms with Crippen molar-refractivity contribution >= 4 is 23.5 Å². The van der Waals surface area contributed by atoms with E-state index < -0.39 is 11.4 Å². The molecule has 2 atom stereocenters. The van der Waals surface area contributed by atoms with Crippen molar-refractivity contribution in [1.82, 2.24) is 29.8 Å². The summed E-state index contributed by atoms with van der Waals surface area (Å²) in [6.45, 7) is 14.7. The number of halogens is 1. The second-order valence-corrected chi connectivity index (χ2v) is 15.9. The van der Waals surface area contributed by atoms with Crippen molar-refractivity contribution in [2.75, 3.05) is 77.5 Å². The van der Waals surface area contributed by atoms with Crippen LogP contribution in [0, 0.1) is 0 Å². The SMILES string of the molecule is C[C@H]1CN(C(=O)OC(C)(C)CCCN2CCN(C)CC2)CCCN1c1cc(Cl)nc(-c2onc3c2CCC[C@@]32CCCCC23OCCO3)n1. The van der Waals surface area contributed by atoms with Crippen LogP contribution in [0.5, 0.6) is 0 Å². The first-order chi connectivity index (χ1) is 23.6. The van der Waals surface area contributed by atoms with Crippen LogP contribution in [0.25, 0.3) is 11.6 Å². The van der Waals surface area contributed by atoms with Crippen LogP contribution in [-0.2, 0) is 26.0 Å². The van der Waals surface area contributed by atoms with Crippen LogP contribution in [0.4, 0.5) is 10.6 Å². The van der Waals surface area contributed by atoms with E-state index in [4.69, 9.17) is 40.5 Å². The number of likely N-dealkylation sites (N-methyl/N-ethyl adjacent to an activating group) is 1. The van der Waals surface area contributed by atoms with Gasteiger partial charge in [0, 0.05) is 69.9 Å². The van der Waals surface area contributed by atoms with Crippen molar-refractivity contribution in [3.8, 4) is 11.6 Å². The molecule has 2 spiro atoms. The molecule has 5 heterocycles. The molecule has 0 radical (unpaired) electrons. The van der Waals surface area contributed by atoms with Gasteiger partial charge in [-0.2, -0.15) is 0 Å². The zero-order valence-electron chi connectivity index (χ0n) is 29.8. The number of aromatic nitrogens is 3. The Morgan fingerprint density at radius 3 is 2.57 bits per heavy atom. The molecule has 7 rings (SSSR count). The van der Waals surface area contributed by atoms with E-state index in [1.165, 1.54) is 0 Å². The third-order valence-electron chi connectivity index (χ3n) is 11.6. The molecule has 4 fully saturated rings. The van der Waals surface area contributed by atoms with Gasteiger partial charge in [0.1, 0.15) is 16.6 Å².